The minimum Gasteiger partial charge on any atom is -0.0622 e. The van der Waals surface area contributed by atoms with Crippen molar-refractivity contribution in [2.75, 3.05) is 0 Å². The molecule has 0 heterocycles. The van der Waals surface area contributed by atoms with Crippen LogP contribution in [0.25, 0.3) is 32.7 Å². The first kappa shape index (κ1) is 12.9. The molecule has 23 heavy (non-hydrogen) atoms. The zero-order chi connectivity index (χ0) is 15.2. The molecule has 0 N–H and O–H groups in total. The van der Waals surface area contributed by atoms with Gasteiger partial charge in [0.1, 0.15) is 0 Å². The van der Waals surface area contributed by atoms with Crippen molar-refractivity contribution in [2.45, 2.75) is 18.8 Å². The summed E-state index contributed by atoms with van der Waals surface area (Å²) in [5, 5.41) is 5.47. The third-order valence-electron chi connectivity index (χ3n) is 5.00. The van der Waals surface area contributed by atoms with Crippen LogP contribution in [0.5, 0.6) is 0 Å². The van der Waals surface area contributed by atoms with Crippen molar-refractivity contribution in [2.24, 2.45) is 0 Å². The molecule has 0 unspecified atom stereocenters. The maximum Gasteiger partial charge on any atom is -0.0137 e. The van der Waals surface area contributed by atoms with Crippen LogP contribution in [0.2, 0.25) is 0 Å². The Morgan fingerprint density at radius 2 is 1.30 bits per heavy atom. The Hall–Kier alpha value is -2.60. The van der Waals surface area contributed by atoms with Gasteiger partial charge in [-0.2, -0.15) is 0 Å². The zero-order valence-corrected chi connectivity index (χ0v) is 13.0. The number of rotatable bonds is 2. The van der Waals surface area contributed by atoms with Crippen LogP contribution in [0.3, 0.4) is 0 Å². The monoisotopic (exact) mass is 294 g/mol. The minimum atomic E-state index is 0.732. The van der Waals surface area contributed by atoms with E-state index in [9.17, 15) is 0 Å². The van der Waals surface area contributed by atoms with Gasteiger partial charge in [0, 0.05) is 0 Å². The van der Waals surface area contributed by atoms with E-state index in [4.69, 9.17) is 0 Å². The van der Waals surface area contributed by atoms with E-state index in [0.29, 0.717) is 0 Å². The Morgan fingerprint density at radius 1 is 0.609 bits per heavy atom. The maximum atomic E-state index is 2.39. The molecule has 0 bridgehead atoms. The average molecular weight is 294 g/mol. The molecule has 0 atom stereocenters. The lowest BCUT2D eigenvalue weighted by Gasteiger charge is -2.14. The van der Waals surface area contributed by atoms with Crippen molar-refractivity contribution in [1.29, 1.82) is 0 Å². The molecule has 4 aromatic carbocycles. The predicted molar refractivity (Wildman–Crippen MR) is 98.9 cm³/mol. The summed E-state index contributed by atoms with van der Waals surface area (Å²) in [6, 6.07) is 28.8. The van der Waals surface area contributed by atoms with Crippen LogP contribution in [-0.4, -0.2) is 0 Å². The minimum absolute atomic E-state index is 0.732. The molecule has 0 nitrogen and oxygen atoms in total. The van der Waals surface area contributed by atoms with E-state index in [1.165, 1.54) is 45.5 Å². The molecule has 1 fully saturated rings. The summed E-state index contributed by atoms with van der Waals surface area (Å²) in [7, 11) is 0. The molecule has 0 heteroatoms. The second kappa shape index (κ2) is 4.96. The van der Waals surface area contributed by atoms with Crippen molar-refractivity contribution in [3.63, 3.8) is 0 Å². The fourth-order valence-corrected chi connectivity index (χ4v) is 3.72. The van der Waals surface area contributed by atoms with Gasteiger partial charge in [-0.05, 0) is 69.1 Å². The smallest absolute Gasteiger partial charge is 0.0137 e. The standard InChI is InChI=1S/C23H18/c1-2-6-16(7-3-1)21-13-12-20-14-18-8-4-5-9-19(18)15-22(20)23(21)17-10-11-17/h1-9,12-15,17H,10-11H2. The first-order valence-electron chi connectivity index (χ1n) is 8.41. The molecule has 1 aliphatic rings. The van der Waals surface area contributed by atoms with E-state index in [1.807, 2.05) is 0 Å². The third-order valence-corrected chi connectivity index (χ3v) is 5.00. The Labute approximate surface area is 136 Å². The van der Waals surface area contributed by atoms with E-state index < -0.39 is 0 Å². The van der Waals surface area contributed by atoms with E-state index >= 15 is 0 Å². The number of fused-ring (bicyclic) bond motifs is 2. The van der Waals surface area contributed by atoms with Crippen LogP contribution in [0.15, 0.2) is 78.9 Å². The summed E-state index contributed by atoms with van der Waals surface area (Å²) >= 11 is 0. The number of hydrogen-bond donors (Lipinski definition) is 0. The van der Waals surface area contributed by atoms with Gasteiger partial charge in [0.2, 0.25) is 0 Å². The number of benzene rings is 4. The highest BCUT2D eigenvalue weighted by Gasteiger charge is 2.28. The number of hydrogen-bond acceptors (Lipinski definition) is 0. The largest absolute Gasteiger partial charge is 0.0622 e. The lowest BCUT2D eigenvalue weighted by atomic mass is 9.90. The zero-order valence-electron chi connectivity index (χ0n) is 13.0. The maximum absolute atomic E-state index is 2.39. The topological polar surface area (TPSA) is 0 Å². The molecule has 5 rings (SSSR count). The molecule has 1 aliphatic carbocycles. The second-order valence-electron chi connectivity index (χ2n) is 6.59. The fourth-order valence-electron chi connectivity index (χ4n) is 3.72. The molecule has 4 aromatic rings. The van der Waals surface area contributed by atoms with E-state index in [0.717, 1.165) is 5.92 Å². The van der Waals surface area contributed by atoms with Crippen LogP contribution >= 0.6 is 0 Å². The molecular weight excluding hydrogens is 276 g/mol. The van der Waals surface area contributed by atoms with Gasteiger partial charge in [-0.1, -0.05) is 66.7 Å². The van der Waals surface area contributed by atoms with Gasteiger partial charge in [-0.3, -0.25) is 0 Å². The van der Waals surface area contributed by atoms with Gasteiger partial charge in [0.25, 0.3) is 0 Å². The predicted octanol–water partition coefficient (Wildman–Crippen LogP) is 6.54. The van der Waals surface area contributed by atoms with E-state index in [2.05, 4.69) is 78.9 Å². The SMILES string of the molecule is c1ccc(-c2ccc3cc4ccccc4cc3c2C2CC2)cc1. The first-order chi connectivity index (χ1) is 11.4. The van der Waals surface area contributed by atoms with Crippen molar-refractivity contribution in [3.8, 4) is 11.1 Å². The van der Waals surface area contributed by atoms with Gasteiger partial charge in [0.15, 0.2) is 0 Å². The van der Waals surface area contributed by atoms with Crippen LogP contribution < -0.4 is 0 Å². The molecule has 0 aliphatic heterocycles. The average Bonchev–Trinajstić information content (AvgIpc) is 3.44. The molecule has 0 spiro atoms. The Bertz CT molecular complexity index is 1010. The van der Waals surface area contributed by atoms with Crippen LogP contribution in [0, 0.1) is 0 Å². The lowest BCUT2D eigenvalue weighted by molar-refractivity contribution is 1.15. The van der Waals surface area contributed by atoms with Crippen LogP contribution in [0.4, 0.5) is 0 Å². The van der Waals surface area contributed by atoms with Crippen LogP contribution in [0.1, 0.15) is 24.3 Å². The Kier molecular flexibility index (Phi) is 2.78. The molecule has 0 amide bonds. The molecule has 110 valence electrons. The summed E-state index contributed by atoms with van der Waals surface area (Å²) in [6.45, 7) is 0. The molecule has 0 saturated heterocycles. The third kappa shape index (κ3) is 2.14. The van der Waals surface area contributed by atoms with E-state index in [-0.39, 0.29) is 0 Å². The summed E-state index contributed by atoms with van der Waals surface area (Å²) in [6.07, 6.45) is 2.65. The van der Waals surface area contributed by atoms with Crippen molar-refractivity contribution >= 4 is 21.5 Å². The van der Waals surface area contributed by atoms with Crippen LogP contribution in [-0.2, 0) is 0 Å². The Balaban J connectivity index is 1.86. The van der Waals surface area contributed by atoms with Gasteiger partial charge in [-0.15, -0.1) is 0 Å². The van der Waals surface area contributed by atoms with Gasteiger partial charge in [-0.25, -0.2) is 0 Å². The van der Waals surface area contributed by atoms with Gasteiger partial charge < -0.3 is 0 Å². The fraction of sp³-hybridized carbons (Fsp3) is 0.130. The van der Waals surface area contributed by atoms with Crippen molar-refractivity contribution in [1.82, 2.24) is 0 Å². The summed E-state index contributed by atoms with van der Waals surface area (Å²) in [5.41, 5.74) is 4.31. The summed E-state index contributed by atoms with van der Waals surface area (Å²) in [5.74, 6) is 0.732. The second-order valence-corrected chi connectivity index (χ2v) is 6.59. The van der Waals surface area contributed by atoms with Gasteiger partial charge >= 0.3 is 0 Å². The van der Waals surface area contributed by atoms with E-state index in [1.54, 1.807) is 5.56 Å². The Morgan fingerprint density at radius 3 is 2.04 bits per heavy atom. The normalized spacial score (nSPS) is 14.4. The molecule has 0 aromatic heterocycles. The quantitative estimate of drug-likeness (QED) is 0.368. The van der Waals surface area contributed by atoms with Crippen molar-refractivity contribution < 1.29 is 0 Å². The lowest BCUT2D eigenvalue weighted by Crippen LogP contribution is -1.90. The van der Waals surface area contributed by atoms with Crippen molar-refractivity contribution in [3.05, 3.63) is 84.4 Å². The first-order valence-corrected chi connectivity index (χ1v) is 8.41. The summed E-state index contributed by atoms with van der Waals surface area (Å²) < 4.78 is 0. The molecule has 1 saturated carbocycles. The highest BCUT2D eigenvalue weighted by molar-refractivity contribution is 6.02. The summed E-state index contributed by atoms with van der Waals surface area (Å²) in [4.78, 5) is 0. The molecule has 0 radical (unpaired) electrons. The molecular formula is C23H18. The van der Waals surface area contributed by atoms with Gasteiger partial charge in [0.05, 0.1) is 0 Å². The highest BCUT2D eigenvalue weighted by atomic mass is 14.3. The highest BCUT2D eigenvalue weighted by Crippen LogP contribution is 2.48.